The molecule has 2 aromatic rings. The molecule has 6 nitrogen and oxygen atoms in total. The Kier molecular flexibility index (Phi) is 6.43. The van der Waals surface area contributed by atoms with Crippen molar-refractivity contribution in [2.24, 2.45) is 0 Å². The number of methoxy groups -OCH3 is 1. The average Bonchev–Trinajstić information content (AvgIpc) is 2.93. The molecule has 0 aliphatic heterocycles. The standard InChI is InChI=1S/C17H22N4O2S/c1-5-10-21-13(3)19-20-17(21)24-12(2)16(22)18-11-14-6-8-15(23-4)9-7-14/h5-9,12H,1,10-11H2,2-4H3,(H,18,22)/t12-/m0/s1. The van der Waals surface area contributed by atoms with Gasteiger partial charge in [0.2, 0.25) is 5.91 Å². The summed E-state index contributed by atoms with van der Waals surface area (Å²) in [5.74, 6) is 1.57. The Balaban J connectivity index is 1.91. The third kappa shape index (κ3) is 4.61. The Morgan fingerprint density at radius 3 is 2.75 bits per heavy atom. The second-order valence-corrected chi connectivity index (χ2v) is 6.56. The minimum atomic E-state index is -0.268. The van der Waals surface area contributed by atoms with Crippen LogP contribution in [0.25, 0.3) is 0 Å². The number of allylic oxidation sites excluding steroid dienone is 1. The van der Waals surface area contributed by atoms with Gasteiger partial charge < -0.3 is 14.6 Å². The van der Waals surface area contributed by atoms with Crippen molar-refractivity contribution in [2.75, 3.05) is 7.11 Å². The van der Waals surface area contributed by atoms with Crippen LogP contribution in [-0.4, -0.2) is 33.0 Å². The van der Waals surface area contributed by atoms with E-state index >= 15 is 0 Å². The molecule has 0 aliphatic carbocycles. The maximum Gasteiger partial charge on any atom is 0.233 e. The summed E-state index contributed by atoms with van der Waals surface area (Å²) in [5.41, 5.74) is 1.02. The summed E-state index contributed by atoms with van der Waals surface area (Å²) in [6.45, 7) is 8.58. The molecular weight excluding hydrogens is 324 g/mol. The fourth-order valence-electron chi connectivity index (χ4n) is 2.08. The van der Waals surface area contributed by atoms with E-state index in [1.54, 1.807) is 13.2 Å². The number of aromatic nitrogens is 3. The monoisotopic (exact) mass is 346 g/mol. The van der Waals surface area contributed by atoms with E-state index in [1.807, 2.05) is 42.7 Å². The van der Waals surface area contributed by atoms with E-state index in [0.29, 0.717) is 13.1 Å². The maximum atomic E-state index is 12.3. The molecule has 0 fully saturated rings. The Labute approximate surface area is 146 Å². The van der Waals surface area contributed by atoms with Gasteiger partial charge in [-0.05, 0) is 31.5 Å². The minimum absolute atomic E-state index is 0.0402. The normalized spacial score (nSPS) is 11.8. The number of amides is 1. The van der Waals surface area contributed by atoms with Crippen molar-refractivity contribution in [1.29, 1.82) is 0 Å². The Bertz CT molecular complexity index is 697. The smallest absolute Gasteiger partial charge is 0.233 e. The molecule has 0 unspecified atom stereocenters. The maximum absolute atomic E-state index is 12.3. The first kappa shape index (κ1) is 18.1. The van der Waals surface area contributed by atoms with Gasteiger partial charge in [0.15, 0.2) is 5.16 Å². The highest BCUT2D eigenvalue weighted by Crippen LogP contribution is 2.22. The van der Waals surface area contributed by atoms with E-state index in [1.165, 1.54) is 11.8 Å². The van der Waals surface area contributed by atoms with Crippen molar-refractivity contribution >= 4 is 17.7 Å². The highest BCUT2D eigenvalue weighted by molar-refractivity contribution is 8.00. The predicted molar refractivity (Wildman–Crippen MR) is 95.1 cm³/mol. The first-order valence-corrected chi connectivity index (χ1v) is 8.51. The molecule has 2 rings (SSSR count). The fourth-order valence-corrected chi connectivity index (χ4v) is 3.00. The molecule has 24 heavy (non-hydrogen) atoms. The number of benzene rings is 1. The van der Waals surface area contributed by atoms with Gasteiger partial charge in [0.1, 0.15) is 11.6 Å². The lowest BCUT2D eigenvalue weighted by Gasteiger charge is -2.12. The van der Waals surface area contributed by atoms with Gasteiger partial charge in [0, 0.05) is 13.1 Å². The summed E-state index contributed by atoms with van der Waals surface area (Å²) < 4.78 is 7.05. The summed E-state index contributed by atoms with van der Waals surface area (Å²) >= 11 is 1.39. The summed E-state index contributed by atoms with van der Waals surface area (Å²) in [6.07, 6.45) is 1.79. The van der Waals surface area contributed by atoms with E-state index in [9.17, 15) is 4.79 Å². The molecule has 1 atom stereocenters. The lowest BCUT2D eigenvalue weighted by molar-refractivity contribution is -0.120. The Hall–Kier alpha value is -2.28. The molecule has 1 aromatic heterocycles. The molecule has 1 amide bonds. The molecule has 0 spiro atoms. The molecule has 0 radical (unpaired) electrons. The van der Waals surface area contributed by atoms with Crippen molar-refractivity contribution in [3.8, 4) is 5.75 Å². The van der Waals surface area contributed by atoms with Gasteiger partial charge >= 0.3 is 0 Å². The Morgan fingerprint density at radius 2 is 2.12 bits per heavy atom. The minimum Gasteiger partial charge on any atom is -0.497 e. The molecule has 0 saturated carbocycles. The van der Waals surface area contributed by atoms with Crippen molar-refractivity contribution in [3.05, 3.63) is 48.3 Å². The van der Waals surface area contributed by atoms with E-state index in [2.05, 4.69) is 22.1 Å². The largest absolute Gasteiger partial charge is 0.497 e. The summed E-state index contributed by atoms with van der Waals surface area (Å²) in [5, 5.41) is 11.6. The van der Waals surface area contributed by atoms with Crippen LogP contribution in [0.4, 0.5) is 0 Å². The second kappa shape index (κ2) is 8.54. The van der Waals surface area contributed by atoms with Gasteiger partial charge in [-0.1, -0.05) is 30.0 Å². The zero-order chi connectivity index (χ0) is 17.5. The van der Waals surface area contributed by atoms with Crippen LogP contribution in [0.5, 0.6) is 5.75 Å². The van der Waals surface area contributed by atoms with Crippen LogP contribution in [-0.2, 0) is 17.9 Å². The highest BCUT2D eigenvalue weighted by atomic mass is 32.2. The first-order chi connectivity index (χ1) is 11.5. The number of ether oxygens (including phenoxy) is 1. The number of aryl methyl sites for hydroxylation is 1. The van der Waals surface area contributed by atoms with Crippen molar-refractivity contribution in [2.45, 2.75) is 37.3 Å². The molecule has 128 valence electrons. The number of nitrogens with one attached hydrogen (secondary N) is 1. The molecule has 1 N–H and O–H groups in total. The second-order valence-electron chi connectivity index (χ2n) is 5.26. The van der Waals surface area contributed by atoms with Crippen molar-refractivity contribution in [1.82, 2.24) is 20.1 Å². The molecule has 1 heterocycles. The van der Waals surface area contributed by atoms with Crippen LogP contribution in [0, 0.1) is 6.92 Å². The van der Waals surface area contributed by atoms with E-state index in [4.69, 9.17) is 4.74 Å². The van der Waals surface area contributed by atoms with Crippen LogP contribution >= 0.6 is 11.8 Å². The van der Waals surface area contributed by atoms with Gasteiger partial charge in [-0.25, -0.2) is 0 Å². The molecule has 1 aromatic carbocycles. The summed E-state index contributed by atoms with van der Waals surface area (Å²) in [4.78, 5) is 12.3. The average molecular weight is 346 g/mol. The van der Waals surface area contributed by atoms with Crippen LogP contribution in [0.15, 0.2) is 42.1 Å². The fraction of sp³-hybridized carbons (Fsp3) is 0.353. The lowest BCUT2D eigenvalue weighted by atomic mass is 10.2. The zero-order valence-electron chi connectivity index (χ0n) is 14.2. The molecule has 0 aliphatic rings. The molecule has 7 heteroatoms. The predicted octanol–water partition coefficient (Wildman–Crippen LogP) is 2.58. The quantitative estimate of drug-likeness (QED) is 0.588. The van der Waals surface area contributed by atoms with E-state index in [-0.39, 0.29) is 11.2 Å². The number of nitrogens with zero attached hydrogens (tertiary/aromatic N) is 3. The SMILES string of the molecule is C=CCn1c(C)nnc1S[C@@H](C)C(=O)NCc1ccc(OC)cc1. The number of rotatable bonds is 8. The van der Waals surface area contributed by atoms with Crippen LogP contribution in [0.3, 0.4) is 0 Å². The topological polar surface area (TPSA) is 69.0 Å². The number of hydrogen-bond acceptors (Lipinski definition) is 5. The van der Waals surface area contributed by atoms with E-state index in [0.717, 1.165) is 22.3 Å². The van der Waals surface area contributed by atoms with Gasteiger partial charge in [-0.2, -0.15) is 0 Å². The Morgan fingerprint density at radius 1 is 1.42 bits per heavy atom. The van der Waals surface area contributed by atoms with Gasteiger partial charge in [-0.15, -0.1) is 16.8 Å². The number of hydrogen-bond donors (Lipinski definition) is 1. The lowest BCUT2D eigenvalue weighted by Crippen LogP contribution is -2.30. The number of carbonyl (C=O) groups excluding carboxylic acids is 1. The number of thioether (sulfide) groups is 1. The number of carbonyl (C=O) groups is 1. The zero-order valence-corrected chi connectivity index (χ0v) is 15.0. The van der Waals surface area contributed by atoms with Crippen molar-refractivity contribution in [3.63, 3.8) is 0 Å². The summed E-state index contributed by atoms with van der Waals surface area (Å²) in [6, 6.07) is 7.61. The van der Waals surface area contributed by atoms with Crippen molar-refractivity contribution < 1.29 is 9.53 Å². The third-order valence-electron chi connectivity index (χ3n) is 3.49. The highest BCUT2D eigenvalue weighted by Gasteiger charge is 2.18. The van der Waals surface area contributed by atoms with Gasteiger partial charge in [-0.3, -0.25) is 4.79 Å². The van der Waals surface area contributed by atoms with E-state index < -0.39 is 0 Å². The third-order valence-corrected chi connectivity index (χ3v) is 4.57. The summed E-state index contributed by atoms with van der Waals surface area (Å²) in [7, 11) is 1.63. The van der Waals surface area contributed by atoms with Gasteiger partial charge in [0.05, 0.1) is 12.4 Å². The molecule has 0 saturated heterocycles. The van der Waals surface area contributed by atoms with Gasteiger partial charge in [0.25, 0.3) is 0 Å². The van der Waals surface area contributed by atoms with Crippen LogP contribution in [0.2, 0.25) is 0 Å². The molecule has 0 bridgehead atoms. The van der Waals surface area contributed by atoms with Crippen LogP contribution < -0.4 is 10.1 Å². The first-order valence-electron chi connectivity index (χ1n) is 7.63. The molecular formula is C17H22N4O2S. The van der Waals surface area contributed by atoms with Crippen LogP contribution in [0.1, 0.15) is 18.3 Å².